The number of fused-ring (bicyclic) bond motifs is 3. The average Bonchev–Trinajstić information content (AvgIpc) is 3.08. The van der Waals surface area contributed by atoms with Gasteiger partial charge in [-0.05, 0) is 36.8 Å². The zero-order valence-electron chi connectivity index (χ0n) is 13.7. The molecule has 2 heterocycles. The molecule has 1 unspecified atom stereocenters. The number of H-pyrrole nitrogens is 1. The number of nitrogens with zero attached hydrogens (tertiary/aromatic N) is 3. The lowest BCUT2D eigenvalue weighted by atomic mass is 10.1. The summed E-state index contributed by atoms with van der Waals surface area (Å²) in [4.78, 5) is 27.7. The molecule has 0 bridgehead atoms. The molecule has 0 aliphatic rings. The van der Waals surface area contributed by atoms with Crippen LogP contribution in [-0.4, -0.2) is 25.7 Å². The lowest BCUT2D eigenvalue weighted by Crippen LogP contribution is -2.28. The van der Waals surface area contributed by atoms with Crippen molar-refractivity contribution >= 4 is 22.5 Å². The van der Waals surface area contributed by atoms with E-state index < -0.39 is 11.5 Å². The first kappa shape index (κ1) is 15.9. The Balaban J connectivity index is 1.72. The number of carbonyl (C=O) groups is 1. The van der Waals surface area contributed by atoms with Gasteiger partial charge in [0, 0.05) is 0 Å². The average molecular weight is 351 g/mol. The van der Waals surface area contributed by atoms with Gasteiger partial charge in [-0.2, -0.15) is 0 Å². The second-order valence-electron chi connectivity index (χ2n) is 5.92. The molecule has 0 aliphatic heterocycles. The molecule has 4 rings (SSSR count). The Morgan fingerprint density at radius 3 is 2.69 bits per heavy atom. The third-order valence-electron chi connectivity index (χ3n) is 4.20. The summed E-state index contributed by atoms with van der Waals surface area (Å²) in [5.41, 5.74) is 1.53. The van der Waals surface area contributed by atoms with Gasteiger partial charge in [0.05, 0.1) is 17.1 Å². The molecular weight excluding hydrogens is 337 g/mol. The summed E-state index contributed by atoms with van der Waals surface area (Å²) < 4.78 is 14.4. The Labute approximate surface area is 146 Å². The van der Waals surface area contributed by atoms with Crippen molar-refractivity contribution in [2.24, 2.45) is 0 Å². The number of benzene rings is 2. The minimum Gasteiger partial charge on any atom is -0.344 e. The van der Waals surface area contributed by atoms with Crippen LogP contribution < -0.4 is 10.9 Å². The van der Waals surface area contributed by atoms with Gasteiger partial charge < -0.3 is 10.3 Å². The molecule has 0 aliphatic carbocycles. The van der Waals surface area contributed by atoms with Gasteiger partial charge in [-0.1, -0.05) is 29.5 Å². The summed E-state index contributed by atoms with van der Waals surface area (Å²) in [6.45, 7) is 1.76. The summed E-state index contributed by atoms with van der Waals surface area (Å²) in [7, 11) is 0. The monoisotopic (exact) mass is 351 g/mol. The third kappa shape index (κ3) is 2.61. The maximum Gasteiger partial charge on any atom is 0.277 e. The van der Waals surface area contributed by atoms with Crippen molar-refractivity contribution in [2.45, 2.75) is 13.0 Å². The minimum atomic E-state index is -0.530. The highest BCUT2D eigenvalue weighted by Crippen LogP contribution is 2.16. The zero-order valence-corrected chi connectivity index (χ0v) is 13.7. The van der Waals surface area contributed by atoms with E-state index in [-0.39, 0.29) is 23.1 Å². The summed E-state index contributed by atoms with van der Waals surface area (Å²) >= 11 is 0. The van der Waals surface area contributed by atoms with Gasteiger partial charge in [0.1, 0.15) is 5.82 Å². The van der Waals surface area contributed by atoms with Gasteiger partial charge in [-0.15, -0.1) is 5.10 Å². The highest BCUT2D eigenvalue weighted by Gasteiger charge is 2.21. The summed E-state index contributed by atoms with van der Waals surface area (Å²) in [5.74, 6) is -0.882. The van der Waals surface area contributed by atoms with E-state index in [0.29, 0.717) is 11.0 Å². The molecule has 8 heteroatoms. The van der Waals surface area contributed by atoms with E-state index in [2.05, 4.69) is 20.6 Å². The standard InChI is InChI=1S/C18H14FN5O2/c1-10(11-6-8-12(19)9-7-11)20-17(25)15-16-18(26)21-13-4-2-3-5-14(13)24(16)23-22-15/h2-10H,1H3,(H,20,25)(H,21,26). The smallest absolute Gasteiger partial charge is 0.277 e. The normalized spacial score (nSPS) is 12.4. The Bertz CT molecular complexity index is 1180. The van der Waals surface area contributed by atoms with Gasteiger partial charge in [0.15, 0.2) is 11.2 Å². The Morgan fingerprint density at radius 1 is 1.19 bits per heavy atom. The first-order valence-corrected chi connectivity index (χ1v) is 7.97. The van der Waals surface area contributed by atoms with Crippen molar-refractivity contribution in [2.75, 3.05) is 0 Å². The molecule has 2 aromatic heterocycles. The molecule has 2 aromatic carbocycles. The fraction of sp³-hybridized carbons (Fsp3) is 0.111. The zero-order chi connectivity index (χ0) is 18.3. The number of hydrogen-bond donors (Lipinski definition) is 2. The Kier molecular flexibility index (Phi) is 3.72. The number of rotatable bonds is 3. The molecule has 130 valence electrons. The van der Waals surface area contributed by atoms with Crippen LogP contribution in [-0.2, 0) is 0 Å². The lowest BCUT2D eigenvalue weighted by molar-refractivity contribution is 0.0936. The van der Waals surface area contributed by atoms with Crippen LogP contribution in [0.5, 0.6) is 0 Å². The van der Waals surface area contributed by atoms with Gasteiger partial charge in [0.25, 0.3) is 11.5 Å². The largest absolute Gasteiger partial charge is 0.344 e. The number of carbonyl (C=O) groups excluding carboxylic acids is 1. The predicted molar refractivity (Wildman–Crippen MR) is 93.4 cm³/mol. The van der Waals surface area contributed by atoms with E-state index in [1.54, 1.807) is 43.3 Å². The van der Waals surface area contributed by atoms with Crippen LogP contribution in [0.1, 0.15) is 29.0 Å². The van der Waals surface area contributed by atoms with Crippen molar-refractivity contribution < 1.29 is 9.18 Å². The fourth-order valence-corrected chi connectivity index (χ4v) is 2.85. The van der Waals surface area contributed by atoms with Crippen LogP contribution in [0.3, 0.4) is 0 Å². The SMILES string of the molecule is CC(NC(=O)c1nnn2c1c(=O)[nH]c1ccccc12)c1ccc(F)cc1. The second-order valence-corrected chi connectivity index (χ2v) is 5.92. The van der Waals surface area contributed by atoms with Gasteiger partial charge in [-0.25, -0.2) is 8.91 Å². The summed E-state index contributed by atoms with van der Waals surface area (Å²) in [6.07, 6.45) is 0. The van der Waals surface area contributed by atoms with E-state index >= 15 is 0 Å². The number of hydrogen-bond acceptors (Lipinski definition) is 4. The molecule has 0 saturated carbocycles. The highest BCUT2D eigenvalue weighted by molar-refractivity contribution is 5.99. The number of aromatic amines is 1. The Morgan fingerprint density at radius 2 is 1.92 bits per heavy atom. The summed E-state index contributed by atoms with van der Waals surface area (Å²) in [6, 6.07) is 12.5. The van der Waals surface area contributed by atoms with E-state index in [1.807, 2.05) is 0 Å². The van der Waals surface area contributed by atoms with Crippen molar-refractivity contribution in [3.8, 4) is 0 Å². The lowest BCUT2D eigenvalue weighted by Gasteiger charge is -2.13. The number of aromatic nitrogens is 4. The third-order valence-corrected chi connectivity index (χ3v) is 4.20. The van der Waals surface area contributed by atoms with Crippen molar-refractivity contribution in [3.05, 3.63) is 76.0 Å². The van der Waals surface area contributed by atoms with Gasteiger partial charge in [0.2, 0.25) is 0 Å². The van der Waals surface area contributed by atoms with E-state index in [0.717, 1.165) is 5.56 Å². The van der Waals surface area contributed by atoms with Crippen LogP contribution in [0, 0.1) is 5.82 Å². The molecule has 4 aromatic rings. The fourth-order valence-electron chi connectivity index (χ4n) is 2.85. The van der Waals surface area contributed by atoms with Crippen LogP contribution in [0.15, 0.2) is 53.3 Å². The maximum atomic E-state index is 13.0. The minimum absolute atomic E-state index is 0.0639. The van der Waals surface area contributed by atoms with Crippen LogP contribution >= 0.6 is 0 Å². The van der Waals surface area contributed by atoms with Crippen LogP contribution in [0.2, 0.25) is 0 Å². The number of nitrogens with one attached hydrogen (secondary N) is 2. The molecule has 7 nitrogen and oxygen atoms in total. The number of halogens is 1. The first-order valence-electron chi connectivity index (χ1n) is 7.97. The molecule has 0 fully saturated rings. The summed E-state index contributed by atoms with van der Waals surface area (Å²) in [5, 5.41) is 10.6. The quantitative estimate of drug-likeness (QED) is 0.592. The molecule has 26 heavy (non-hydrogen) atoms. The van der Waals surface area contributed by atoms with Gasteiger partial charge in [-0.3, -0.25) is 9.59 Å². The highest BCUT2D eigenvalue weighted by atomic mass is 19.1. The first-order chi connectivity index (χ1) is 12.5. The van der Waals surface area contributed by atoms with Crippen molar-refractivity contribution in [3.63, 3.8) is 0 Å². The van der Waals surface area contributed by atoms with Crippen LogP contribution in [0.25, 0.3) is 16.6 Å². The predicted octanol–water partition coefficient (Wildman–Crippen LogP) is 2.20. The molecule has 0 saturated heterocycles. The second kappa shape index (κ2) is 6.07. The molecular formula is C18H14FN5O2. The number of amides is 1. The van der Waals surface area contributed by atoms with E-state index in [1.165, 1.54) is 16.6 Å². The number of para-hydroxylation sites is 2. The topological polar surface area (TPSA) is 92.2 Å². The van der Waals surface area contributed by atoms with Crippen molar-refractivity contribution in [1.82, 2.24) is 25.1 Å². The molecule has 2 N–H and O–H groups in total. The molecule has 1 atom stereocenters. The van der Waals surface area contributed by atoms with Gasteiger partial charge >= 0.3 is 0 Å². The molecule has 0 spiro atoms. The molecule has 0 radical (unpaired) electrons. The van der Waals surface area contributed by atoms with E-state index in [4.69, 9.17) is 0 Å². The van der Waals surface area contributed by atoms with Crippen LogP contribution in [0.4, 0.5) is 4.39 Å². The van der Waals surface area contributed by atoms with E-state index in [9.17, 15) is 14.0 Å². The molecule has 1 amide bonds. The van der Waals surface area contributed by atoms with Crippen molar-refractivity contribution in [1.29, 1.82) is 0 Å². The Hall–Kier alpha value is -3.55. The maximum absolute atomic E-state index is 13.0.